The van der Waals surface area contributed by atoms with Crippen LogP contribution in [0.1, 0.15) is 90.9 Å². The summed E-state index contributed by atoms with van der Waals surface area (Å²) in [6.07, 6.45) is 17.3. The Labute approximate surface area is 138 Å². The molecule has 1 nitrogen and oxygen atoms in total. The first kappa shape index (κ1) is 19.4. The van der Waals surface area contributed by atoms with Gasteiger partial charge in [0.05, 0.1) is 0 Å². The third-order valence-corrected chi connectivity index (χ3v) is 5.79. The van der Waals surface area contributed by atoms with Crippen molar-refractivity contribution in [3.05, 3.63) is 0 Å². The zero-order chi connectivity index (χ0) is 15.2. The van der Waals surface area contributed by atoms with E-state index in [0.29, 0.717) is 0 Å². The van der Waals surface area contributed by atoms with E-state index < -0.39 is 0 Å². The van der Waals surface area contributed by atoms with E-state index >= 15 is 0 Å². The van der Waals surface area contributed by atoms with E-state index in [1.54, 1.807) is 0 Å². The lowest BCUT2D eigenvalue weighted by atomic mass is 9.99. The van der Waals surface area contributed by atoms with Crippen LogP contribution in [-0.4, -0.2) is 35.5 Å². The highest BCUT2D eigenvalue weighted by molar-refractivity contribution is 7.99. The number of unbranched alkanes of at least 4 members (excludes halogenated alkanes) is 8. The van der Waals surface area contributed by atoms with Crippen molar-refractivity contribution >= 4 is 11.8 Å². The van der Waals surface area contributed by atoms with Gasteiger partial charge in [0.2, 0.25) is 0 Å². The lowest BCUT2D eigenvalue weighted by Crippen LogP contribution is -2.41. The van der Waals surface area contributed by atoms with Crippen LogP contribution in [-0.2, 0) is 0 Å². The van der Waals surface area contributed by atoms with Crippen molar-refractivity contribution in [2.24, 2.45) is 0 Å². The molecule has 0 radical (unpaired) electrons. The first-order chi connectivity index (χ1) is 10.4. The topological polar surface area (TPSA) is 3.24 Å². The molecule has 0 aliphatic carbocycles. The van der Waals surface area contributed by atoms with Crippen LogP contribution >= 0.6 is 11.8 Å². The second-order valence-electron chi connectivity index (χ2n) is 6.71. The highest BCUT2D eigenvalue weighted by atomic mass is 32.2. The van der Waals surface area contributed by atoms with Gasteiger partial charge in [-0.1, -0.05) is 78.1 Å². The van der Waals surface area contributed by atoms with Crippen LogP contribution in [0.5, 0.6) is 0 Å². The monoisotopic (exact) mass is 313 g/mol. The maximum atomic E-state index is 2.82. The molecular formula is C19H39NS. The molecule has 1 heterocycles. The van der Waals surface area contributed by atoms with Crippen LogP contribution in [0.2, 0.25) is 0 Å². The standard InChI is InChI=1S/C19H39NS/c1-3-5-7-9-11-13-19(14-12-10-8-6-4-2)20-15-17-21-18-16-20/h19H,3-18H2,1-2H3. The highest BCUT2D eigenvalue weighted by Gasteiger charge is 2.19. The van der Waals surface area contributed by atoms with Crippen molar-refractivity contribution in [3.8, 4) is 0 Å². The minimum absolute atomic E-state index is 0.897. The zero-order valence-corrected chi connectivity index (χ0v) is 15.6. The Morgan fingerprint density at radius 2 is 1.19 bits per heavy atom. The summed E-state index contributed by atoms with van der Waals surface area (Å²) in [5.41, 5.74) is 0. The van der Waals surface area contributed by atoms with Crippen LogP contribution < -0.4 is 0 Å². The third kappa shape index (κ3) is 9.84. The van der Waals surface area contributed by atoms with Crippen molar-refractivity contribution < 1.29 is 0 Å². The van der Waals surface area contributed by atoms with Gasteiger partial charge in [-0.3, -0.25) is 4.90 Å². The number of thioether (sulfide) groups is 1. The molecule has 0 unspecified atom stereocenters. The largest absolute Gasteiger partial charge is 0.299 e. The molecule has 0 aromatic rings. The minimum atomic E-state index is 0.897. The fraction of sp³-hybridized carbons (Fsp3) is 1.00. The highest BCUT2D eigenvalue weighted by Crippen LogP contribution is 2.21. The molecular weight excluding hydrogens is 274 g/mol. The van der Waals surface area contributed by atoms with Crippen molar-refractivity contribution in [2.75, 3.05) is 24.6 Å². The maximum absolute atomic E-state index is 2.82. The van der Waals surface area contributed by atoms with E-state index in [0.717, 1.165) is 6.04 Å². The van der Waals surface area contributed by atoms with E-state index in [1.807, 2.05) is 0 Å². The molecule has 1 rings (SSSR count). The molecule has 0 atom stereocenters. The van der Waals surface area contributed by atoms with Crippen molar-refractivity contribution in [3.63, 3.8) is 0 Å². The van der Waals surface area contributed by atoms with Gasteiger partial charge in [-0.05, 0) is 12.8 Å². The summed E-state index contributed by atoms with van der Waals surface area (Å²) in [5, 5.41) is 0. The lowest BCUT2D eigenvalue weighted by molar-refractivity contribution is 0.187. The van der Waals surface area contributed by atoms with Crippen molar-refractivity contribution in [1.29, 1.82) is 0 Å². The predicted octanol–water partition coefficient (Wildman–Crippen LogP) is 6.12. The van der Waals surface area contributed by atoms with Gasteiger partial charge >= 0.3 is 0 Å². The van der Waals surface area contributed by atoms with E-state index in [-0.39, 0.29) is 0 Å². The third-order valence-electron chi connectivity index (χ3n) is 4.84. The molecule has 0 aromatic heterocycles. The Hall–Kier alpha value is 0.310. The fourth-order valence-corrected chi connectivity index (χ4v) is 4.35. The van der Waals surface area contributed by atoms with Crippen LogP contribution in [0, 0.1) is 0 Å². The summed E-state index contributed by atoms with van der Waals surface area (Å²) in [4.78, 5) is 2.82. The second kappa shape index (κ2) is 13.9. The lowest BCUT2D eigenvalue weighted by Gasteiger charge is -2.34. The molecule has 0 aromatic carbocycles. The van der Waals surface area contributed by atoms with Gasteiger partial charge in [0, 0.05) is 30.6 Å². The molecule has 0 saturated carbocycles. The fourth-order valence-electron chi connectivity index (χ4n) is 3.42. The van der Waals surface area contributed by atoms with Gasteiger partial charge in [-0.15, -0.1) is 0 Å². The molecule has 0 amide bonds. The quantitative estimate of drug-likeness (QED) is 0.376. The number of hydrogen-bond donors (Lipinski definition) is 0. The van der Waals surface area contributed by atoms with E-state index in [9.17, 15) is 0 Å². The smallest absolute Gasteiger partial charge is 0.00959 e. The van der Waals surface area contributed by atoms with Gasteiger partial charge in [0.25, 0.3) is 0 Å². The Kier molecular flexibility index (Phi) is 12.8. The Balaban J connectivity index is 2.20. The maximum Gasteiger partial charge on any atom is 0.00959 e. The molecule has 1 aliphatic heterocycles. The summed E-state index contributed by atoms with van der Waals surface area (Å²) in [6.45, 7) is 7.31. The molecule has 21 heavy (non-hydrogen) atoms. The molecule has 1 fully saturated rings. The van der Waals surface area contributed by atoms with Crippen LogP contribution in [0.25, 0.3) is 0 Å². The summed E-state index contributed by atoms with van der Waals surface area (Å²) >= 11 is 2.14. The Bertz CT molecular complexity index is 200. The molecule has 1 aliphatic rings. The van der Waals surface area contributed by atoms with Gasteiger partial charge in [0.1, 0.15) is 0 Å². The van der Waals surface area contributed by atoms with Gasteiger partial charge in [-0.2, -0.15) is 11.8 Å². The summed E-state index contributed by atoms with van der Waals surface area (Å²) in [6, 6.07) is 0.897. The molecule has 0 N–H and O–H groups in total. The van der Waals surface area contributed by atoms with Crippen LogP contribution in [0.3, 0.4) is 0 Å². The van der Waals surface area contributed by atoms with Gasteiger partial charge in [-0.25, -0.2) is 0 Å². The SMILES string of the molecule is CCCCCCCC(CCCCCCC)N1CCSCC1. The van der Waals surface area contributed by atoms with Crippen LogP contribution in [0.15, 0.2) is 0 Å². The zero-order valence-electron chi connectivity index (χ0n) is 14.7. The first-order valence-corrected chi connectivity index (χ1v) is 10.9. The van der Waals surface area contributed by atoms with Gasteiger partial charge < -0.3 is 0 Å². The second-order valence-corrected chi connectivity index (χ2v) is 7.93. The molecule has 126 valence electrons. The first-order valence-electron chi connectivity index (χ1n) is 9.70. The number of nitrogens with zero attached hydrogens (tertiary/aromatic N) is 1. The molecule has 2 heteroatoms. The Morgan fingerprint density at radius 3 is 1.67 bits per heavy atom. The number of rotatable bonds is 13. The predicted molar refractivity (Wildman–Crippen MR) is 99.4 cm³/mol. The molecule has 1 saturated heterocycles. The van der Waals surface area contributed by atoms with Crippen molar-refractivity contribution in [1.82, 2.24) is 4.90 Å². The summed E-state index contributed by atoms with van der Waals surface area (Å²) in [7, 11) is 0. The van der Waals surface area contributed by atoms with E-state index in [2.05, 4.69) is 30.5 Å². The van der Waals surface area contributed by atoms with Crippen LogP contribution in [0.4, 0.5) is 0 Å². The van der Waals surface area contributed by atoms with Gasteiger partial charge in [0.15, 0.2) is 0 Å². The summed E-state index contributed by atoms with van der Waals surface area (Å²) in [5.74, 6) is 2.73. The van der Waals surface area contributed by atoms with Crippen molar-refractivity contribution in [2.45, 2.75) is 96.9 Å². The normalized spacial score (nSPS) is 16.7. The molecule has 0 bridgehead atoms. The summed E-state index contributed by atoms with van der Waals surface area (Å²) < 4.78 is 0. The molecule has 0 spiro atoms. The average Bonchev–Trinajstić information content (AvgIpc) is 2.53. The van der Waals surface area contributed by atoms with E-state index in [4.69, 9.17) is 0 Å². The number of hydrogen-bond acceptors (Lipinski definition) is 2. The minimum Gasteiger partial charge on any atom is -0.299 e. The average molecular weight is 314 g/mol. The Morgan fingerprint density at radius 1 is 0.714 bits per heavy atom. The van der Waals surface area contributed by atoms with E-state index in [1.165, 1.54) is 102 Å².